The molecule has 2 aromatic rings. The van der Waals surface area contributed by atoms with Crippen LogP contribution in [0.2, 0.25) is 0 Å². The summed E-state index contributed by atoms with van der Waals surface area (Å²) in [6, 6.07) is 9.86. The van der Waals surface area contributed by atoms with Gasteiger partial charge in [0.15, 0.2) is 0 Å². The second kappa shape index (κ2) is 12.3. The average molecular weight is 599 g/mol. The minimum atomic E-state index is -4.45. The van der Waals surface area contributed by atoms with E-state index in [4.69, 9.17) is 4.74 Å². The Balaban J connectivity index is 0.000000254. The first-order valence-electron chi connectivity index (χ1n) is 16.3. The van der Waals surface area contributed by atoms with Crippen molar-refractivity contribution in [2.75, 3.05) is 32.0 Å². The molecule has 43 heavy (non-hydrogen) atoms. The molecule has 0 bridgehead atoms. The fourth-order valence-corrected chi connectivity index (χ4v) is 9.17. The Bertz CT molecular complexity index is 1290. The number of nitrogens with one attached hydrogen (secondary N) is 1. The summed E-state index contributed by atoms with van der Waals surface area (Å²) in [5, 5.41) is 12.6. The third-order valence-corrected chi connectivity index (χ3v) is 11.1. The number of unbranched alkanes of at least 4 members (excludes halogenated alkanes) is 1. The summed E-state index contributed by atoms with van der Waals surface area (Å²) in [6.45, 7) is 3.62. The van der Waals surface area contributed by atoms with Gasteiger partial charge in [0.1, 0.15) is 23.9 Å². The van der Waals surface area contributed by atoms with E-state index in [9.17, 15) is 23.1 Å². The Morgan fingerprint density at radius 3 is 2.60 bits per heavy atom. The zero-order valence-corrected chi connectivity index (χ0v) is 25.2. The van der Waals surface area contributed by atoms with Crippen molar-refractivity contribution >= 4 is 12.0 Å². The molecule has 0 radical (unpaired) electrons. The van der Waals surface area contributed by atoms with Crippen LogP contribution in [-0.2, 0) is 17.4 Å². The number of halogens is 3. The van der Waals surface area contributed by atoms with E-state index in [1.807, 2.05) is 12.1 Å². The molecule has 1 heterocycles. The van der Waals surface area contributed by atoms with Crippen molar-refractivity contribution in [3.8, 4) is 11.5 Å². The van der Waals surface area contributed by atoms with Gasteiger partial charge in [-0.05, 0) is 142 Å². The number of benzene rings is 2. The van der Waals surface area contributed by atoms with Crippen LogP contribution < -0.4 is 10.1 Å². The topological polar surface area (TPSA) is 61.8 Å². The number of carbonyl (C=O) groups excluding carboxylic acids is 1. The first kappa shape index (κ1) is 30.3. The monoisotopic (exact) mass is 598 g/mol. The van der Waals surface area contributed by atoms with Crippen molar-refractivity contribution < 1.29 is 27.8 Å². The van der Waals surface area contributed by atoms with Gasteiger partial charge in [-0.2, -0.15) is 13.2 Å². The van der Waals surface area contributed by atoms with Gasteiger partial charge in [-0.3, -0.25) is 0 Å². The highest BCUT2D eigenvalue weighted by Gasteiger charge is 2.68. The molecule has 7 rings (SSSR count). The minimum absolute atomic E-state index is 0.0570. The first-order chi connectivity index (χ1) is 20.7. The molecule has 8 heteroatoms. The molecule has 1 saturated heterocycles. The van der Waals surface area contributed by atoms with Gasteiger partial charge < -0.3 is 24.9 Å². The van der Waals surface area contributed by atoms with E-state index in [-0.39, 0.29) is 29.2 Å². The summed E-state index contributed by atoms with van der Waals surface area (Å²) in [5.41, 5.74) is 2.06. The molecule has 1 aliphatic heterocycles. The van der Waals surface area contributed by atoms with E-state index in [0.29, 0.717) is 17.3 Å². The molecule has 5 aliphatic rings. The lowest BCUT2D eigenvalue weighted by Crippen LogP contribution is -2.46. The lowest BCUT2D eigenvalue weighted by Gasteiger charge is -2.49. The summed E-state index contributed by atoms with van der Waals surface area (Å²) >= 11 is 0. The summed E-state index contributed by atoms with van der Waals surface area (Å²) in [7, 11) is 1.50. The standard InChI is InChI=1S/C26H28F3NO2.C9H17NO/c1-30-22-9-5-17(11-21(22)26(27,28)29)32-23-13-25-12-15(25)3-8-20(25)19-6-2-14-10-16(31)4-7-18(14)24(19)23;11-9-5-4-8-10-6-2-1-3-7-10/h4-5,7,9-11,15,19-20,23-24,30-31H,2-3,6,8,12-13H2,1H3;9H,1-8H2/t15?,19?,20?,23-,24+,25?;/m0./s1. The lowest BCUT2D eigenvalue weighted by atomic mass is 9.57. The van der Waals surface area contributed by atoms with Crippen LogP contribution in [0.5, 0.6) is 11.5 Å². The number of rotatable bonds is 7. The molecular weight excluding hydrogens is 553 g/mol. The van der Waals surface area contributed by atoms with Crippen LogP contribution in [0.1, 0.15) is 86.8 Å². The van der Waals surface area contributed by atoms with Crippen molar-refractivity contribution in [3.05, 3.63) is 53.1 Å². The van der Waals surface area contributed by atoms with Crippen molar-refractivity contribution in [3.63, 3.8) is 0 Å². The highest BCUT2D eigenvalue weighted by molar-refractivity contribution is 5.55. The zero-order chi connectivity index (χ0) is 30.2. The van der Waals surface area contributed by atoms with Gasteiger partial charge in [0.25, 0.3) is 0 Å². The number of aldehydes is 1. The highest BCUT2D eigenvalue weighted by Crippen LogP contribution is 2.75. The number of piperidine rings is 1. The Morgan fingerprint density at radius 1 is 1.07 bits per heavy atom. The third kappa shape index (κ3) is 6.13. The molecule has 2 aromatic carbocycles. The summed E-state index contributed by atoms with van der Waals surface area (Å²) in [5.74, 6) is 2.67. The molecular formula is C35H45F3N2O3. The Kier molecular flexibility index (Phi) is 8.69. The van der Waals surface area contributed by atoms with Gasteiger partial charge in [0.2, 0.25) is 0 Å². The number of hydrogen-bond donors (Lipinski definition) is 2. The number of carbonyl (C=O) groups is 1. The van der Waals surface area contributed by atoms with Crippen molar-refractivity contribution in [2.24, 2.45) is 23.2 Å². The fraction of sp³-hybridized carbons (Fsp3) is 0.629. The maximum absolute atomic E-state index is 13.6. The van der Waals surface area contributed by atoms with Gasteiger partial charge in [-0.25, -0.2) is 0 Å². The number of fused-ring (bicyclic) bond motifs is 4. The van der Waals surface area contributed by atoms with E-state index < -0.39 is 11.7 Å². The molecule has 3 saturated carbocycles. The van der Waals surface area contributed by atoms with Crippen LogP contribution in [-0.4, -0.2) is 49.1 Å². The van der Waals surface area contributed by atoms with E-state index in [1.54, 1.807) is 12.1 Å². The van der Waals surface area contributed by atoms with Crippen LogP contribution in [0.15, 0.2) is 36.4 Å². The summed E-state index contributed by atoms with van der Waals surface area (Å²) < 4.78 is 47.3. The molecule has 234 valence electrons. The van der Waals surface area contributed by atoms with Crippen molar-refractivity contribution in [1.29, 1.82) is 0 Å². The number of aromatic hydroxyl groups is 1. The predicted molar refractivity (Wildman–Crippen MR) is 162 cm³/mol. The van der Waals surface area contributed by atoms with E-state index in [0.717, 1.165) is 62.5 Å². The number of alkyl halides is 3. The fourth-order valence-electron chi connectivity index (χ4n) is 9.17. The maximum Gasteiger partial charge on any atom is 0.418 e. The van der Waals surface area contributed by atoms with Crippen molar-refractivity contribution in [1.82, 2.24) is 4.90 Å². The number of likely N-dealkylation sites (tertiary alicyclic amines) is 1. The predicted octanol–water partition coefficient (Wildman–Crippen LogP) is 7.82. The average Bonchev–Trinajstić information content (AvgIpc) is 3.57. The highest BCUT2D eigenvalue weighted by atomic mass is 19.4. The van der Waals surface area contributed by atoms with Crippen LogP contribution in [0.4, 0.5) is 18.9 Å². The Labute approximate surface area is 253 Å². The van der Waals surface area contributed by atoms with E-state index in [1.165, 1.54) is 70.3 Å². The van der Waals surface area contributed by atoms with Gasteiger partial charge in [-0.1, -0.05) is 12.5 Å². The first-order valence-corrected chi connectivity index (χ1v) is 16.3. The van der Waals surface area contributed by atoms with Crippen LogP contribution in [0.25, 0.3) is 0 Å². The number of nitrogens with zero attached hydrogens (tertiary/aromatic N) is 1. The van der Waals surface area contributed by atoms with Crippen LogP contribution in [0.3, 0.4) is 0 Å². The van der Waals surface area contributed by atoms with E-state index >= 15 is 0 Å². The molecule has 2 N–H and O–H groups in total. The van der Waals surface area contributed by atoms with Crippen LogP contribution >= 0.6 is 0 Å². The number of phenolic OH excluding ortho intramolecular Hbond substituents is 1. The number of aryl methyl sites for hydroxylation is 1. The molecule has 4 unspecified atom stereocenters. The van der Waals surface area contributed by atoms with Gasteiger partial charge >= 0.3 is 6.18 Å². The summed E-state index contributed by atoms with van der Waals surface area (Å²) in [4.78, 5) is 12.5. The molecule has 1 spiro atoms. The zero-order valence-electron chi connectivity index (χ0n) is 25.2. The molecule has 4 fully saturated rings. The smallest absolute Gasteiger partial charge is 0.418 e. The summed E-state index contributed by atoms with van der Waals surface area (Å²) in [6.07, 6.45) is 9.00. The number of hydrogen-bond acceptors (Lipinski definition) is 5. The minimum Gasteiger partial charge on any atom is -0.508 e. The maximum atomic E-state index is 13.6. The normalized spacial score (nSPS) is 30.9. The largest absolute Gasteiger partial charge is 0.508 e. The quantitative estimate of drug-likeness (QED) is 0.251. The van der Waals surface area contributed by atoms with Gasteiger partial charge in [-0.15, -0.1) is 0 Å². The third-order valence-electron chi connectivity index (χ3n) is 11.1. The van der Waals surface area contributed by atoms with E-state index in [2.05, 4.69) is 10.2 Å². The van der Waals surface area contributed by atoms with Gasteiger partial charge in [0, 0.05) is 25.1 Å². The van der Waals surface area contributed by atoms with Crippen molar-refractivity contribution in [2.45, 2.75) is 88.8 Å². The molecule has 4 aliphatic carbocycles. The number of ether oxygens (including phenoxy) is 1. The Hall–Kier alpha value is -2.74. The van der Waals surface area contributed by atoms with Crippen LogP contribution in [0, 0.1) is 23.2 Å². The molecule has 0 aromatic heterocycles. The second-order valence-corrected chi connectivity index (χ2v) is 13.5. The molecule has 5 nitrogen and oxygen atoms in total. The number of anilines is 1. The second-order valence-electron chi connectivity index (χ2n) is 13.5. The molecule has 0 amide bonds. The van der Waals surface area contributed by atoms with Gasteiger partial charge in [0.05, 0.1) is 5.56 Å². The molecule has 6 atom stereocenters. The lowest BCUT2D eigenvalue weighted by molar-refractivity contribution is -0.137. The number of phenols is 1. The Morgan fingerprint density at radius 2 is 1.88 bits per heavy atom. The SMILES string of the molecule is CNc1ccc(O[C@H]2CC34CC3CCC4C3CCc4cc(O)ccc4[C@H]32)cc1C(F)(F)F.O=CCCCN1CCCCC1.